The number of hydrogen-bond donors (Lipinski definition) is 2. The van der Waals surface area contributed by atoms with Crippen LogP contribution in [0.1, 0.15) is 12.2 Å². The van der Waals surface area contributed by atoms with Crippen molar-refractivity contribution in [2.24, 2.45) is 0 Å². The summed E-state index contributed by atoms with van der Waals surface area (Å²) in [6.45, 7) is 2.28. The molecule has 0 spiro atoms. The molecular formula is C19H17BrN6O. The molecule has 0 fully saturated rings. The van der Waals surface area contributed by atoms with Gasteiger partial charge in [-0.3, -0.25) is 4.79 Å². The number of para-hydroxylation sites is 1. The molecule has 8 heteroatoms. The number of anilines is 2. The van der Waals surface area contributed by atoms with Gasteiger partial charge in [0.15, 0.2) is 5.65 Å². The summed E-state index contributed by atoms with van der Waals surface area (Å²) < 4.78 is 2.65. The first-order valence-corrected chi connectivity index (χ1v) is 9.31. The molecule has 2 aromatic heterocycles. The van der Waals surface area contributed by atoms with Crippen molar-refractivity contribution >= 4 is 50.0 Å². The maximum Gasteiger partial charge on any atom is 0.226 e. The van der Waals surface area contributed by atoms with Crippen molar-refractivity contribution in [2.75, 3.05) is 17.2 Å². The van der Waals surface area contributed by atoms with Crippen LogP contribution >= 0.6 is 15.9 Å². The Kier molecular flexibility index (Phi) is 4.72. The highest BCUT2D eigenvalue weighted by molar-refractivity contribution is 9.10. The number of carbonyl (C=O) groups excluding carboxylic acids is 1. The average Bonchev–Trinajstić information content (AvgIpc) is 3.06. The van der Waals surface area contributed by atoms with Gasteiger partial charge in [0, 0.05) is 28.5 Å². The topological polar surface area (TPSA) is 84.2 Å². The molecule has 0 unspecified atom stereocenters. The maximum atomic E-state index is 12.1. The molecule has 2 N–H and O–H groups in total. The van der Waals surface area contributed by atoms with Crippen LogP contribution in [0.25, 0.3) is 16.6 Å². The van der Waals surface area contributed by atoms with Crippen LogP contribution < -0.4 is 10.6 Å². The Morgan fingerprint density at radius 3 is 2.70 bits per heavy atom. The van der Waals surface area contributed by atoms with Crippen LogP contribution in [0, 0.1) is 6.92 Å². The quantitative estimate of drug-likeness (QED) is 0.508. The lowest BCUT2D eigenvalue weighted by atomic mass is 10.2. The van der Waals surface area contributed by atoms with Gasteiger partial charge < -0.3 is 10.6 Å². The first-order chi connectivity index (χ1) is 13.1. The highest BCUT2D eigenvalue weighted by Crippen LogP contribution is 2.20. The van der Waals surface area contributed by atoms with E-state index >= 15 is 0 Å². The van der Waals surface area contributed by atoms with E-state index in [-0.39, 0.29) is 5.91 Å². The minimum Gasteiger partial charge on any atom is -0.354 e. The lowest BCUT2D eigenvalue weighted by molar-refractivity contribution is -0.115. The summed E-state index contributed by atoms with van der Waals surface area (Å²) in [6, 6.07) is 15.3. The van der Waals surface area contributed by atoms with Crippen LogP contribution in [0.15, 0.2) is 53.0 Å². The van der Waals surface area contributed by atoms with Crippen molar-refractivity contribution in [3.63, 3.8) is 0 Å². The summed E-state index contributed by atoms with van der Waals surface area (Å²) in [4.78, 5) is 21.3. The third-order valence-corrected chi connectivity index (χ3v) is 4.58. The van der Waals surface area contributed by atoms with E-state index in [0.717, 1.165) is 26.7 Å². The molecule has 0 atom stereocenters. The molecule has 4 aromatic rings. The molecule has 0 saturated heterocycles. The second-order valence-electron chi connectivity index (χ2n) is 6.08. The minimum atomic E-state index is -0.0726. The largest absolute Gasteiger partial charge is 0.354 e. The Hall–Kier alpha value is -3.00. The second kappa shape index (κ2) is 7.32. The molecule has 7 nitrogen and oxygen atoms in total. The molecule has 0 aliphatic carbocycles. The van der Waals surface area contributed by atoms with Gasteiger partial charge in [-0.05, 0) is 43.3 Å². The molecule has 136 valence electrons. The Morgan fingerprint density at radius 1 is 1.11 bits per heavy atom. The summed E-state index contributed by atoms with van der Waals surface area (Å²) in [5.41, 5.74) is 2.35. The van der Waals surface area contributed by atoms with Crippen molar-refractivity contribution in [2.45, 2.75) is 13.3 Å². The van der Waals surface area contributed by atoms with E-state index in [4.69, 9.17) is 0 Å². The first kappa shape index (κ1) is 17.4. The number of carbonyl (C=O) groups is 1. The fourth-order valence-corrected chi connectivity index (χ4v) is 3.08. The Bertz CT molecular complexity index is 1120. The second-order valence-corrected chi connectivity index (χ2v) is 6.99. The molecule has 1 amide bonds. The predicted molar refractivity (Wildman–Crippen MR) is 109 cm³/mol. The number of fused-ring (bicyclic) bond motifs is 3. The van der Waals surface area contributed by atoms with Gasteiger partial charge in [0.05, 0.1) is 5.52 Å². The van der Waals surface area contributed by atoms with Gasteiger partial charge in [-0.2, -0.15) is 4.52 Å². The van der Waals surface area contributed by atoms with Crippen molar-refractivity contribution in [3.05, 3.63) is 58.8 Å². The standard InChI is InChI=1S/C19H17BrN6O/c1-12-22-18-15-4-2-3-5-16(15)24-19(26(18)25-12)21-11-10-17(27)23-14-8-6-13(20)7-9-14/h2-9H,10-11H2,1H3,(H,21,24)(H,23,27). The monoisotopic (exact) mass is 424 g/mol. The molecule has 0 saturated carbocycles. The number of hydrogen-bond acceptors (Lipinski definition) is 5. The smallest absolute Gasteiger partial charge is 0.226 e. The highest BCUT2D eigenvalue weighted by atomic mass is 79.9. The van der Waals surface area contributed by atoms with E-state index in [1.807, 2.05) is 55.5 Å². The maximum absolute atomic E-state index is 12.1. The van der Waals surface area contributed by atoms with Crippen LogP contribution in [0.5, 0.6) is 0 Å². The Morgan fingerprint density at radius 2 is 1.89 bits per heavy atom. The molecule has 4 rings (SSSR count). The Labute approximate surface area is 164 Å². The van der Waals surface area contributed by atoms with Gasteiger partial charge >= 0.3 is 0 Å². The van der Waals surface area contributed by atoms with Gasteiger partial charge in [-0.1, -0.05) is 28.1 Å². The van der Waals surface area contributed by atoms with E-state index in [0.29, 0.717) is 24.7 Å². The van der Waals surface area contributed by atoms with Crippen LogP contribution in [0.4, 0.5) is 11.6 Å². The number of aryl methyl sites for hydroxylation is 1. The molecule has 0 bridgehead atoms. The molecule has 0 aliphatic rings. The lowest BCUT2D eigenvalue weighted by Crippen LogP contribution is -2.17. The first-order valence-electron chi connectivity index (χ1n) is 8.51. The van der Waals surface area contributed by atoms with Crippen molar-refractivity contribution < 1.29 is 4.79 Å². The minimum absolute atomic E-state index is 0.0726. The normalized spacial score (nSPS) is 11.0. The zero-order valence-corrected chi connectivity index (χ0v) is 16.2. The van der Waals surface area contributed by atoms with E-state index in [1.165, 1.54) is 0 Å². The SMILES string of the molecule is Cc1nc2c3ccccc3nc(NCCC(=O)Nc3ccc(Br)cc3)n2n1. The molecule has 0 aliphatic heterocycles. The van der Waals surface area contributed by atoms with Crippen molar-refractivity contribution in [1.29, 1.82) is 0 Å². The summed E-state index contributed by atoms with van der Waals surface area (Å²) in [6.07, 6.45) is 0.305. The number of nitrogens with zero attached hydrogens (tertiary/aromatic N) is 4. The number of aromatic nitrogens is 4. The van der Waals surface area contributed by atoms with Gasteiger partial charge in [-0.25, -0.2) is 9.97 Å². The van der Waals surface area contributed by atoms with E-state index in [2.05, 4.69) is 41.6 Å². The van der Waals surface area contributed by atoms with Crippen LogP contribution in [-0.4, -0.2) is 32.0 Å². The predicted octanol–water partition coefficient (Wildman–Crippen LogP) is 3.79. The van der Waals surface area contributed by atoms with Crippen LogP contribution in [-0.2, 0) is 4.79 Å². The zero-order chi connectivity index (χ0) is 18.8. The summed E-state index contributed by atoms with van der Waals surface area (Å²) >= 11 is 3.37. The Balaban J connectivity index is 1.48. The van der Waals surface area contributed by atoms with E-state index in [9.17, 15) is 4.79 Å². The molecular weight excluding hydrogens is 408 g/mol. The third-order valence-electron chi connectivity index (χ3n) is 4.05. The lowest BCUT2D eigenvalue weighted by Gasteiger charge is -2.09. The van der Waals surface area contributed by atoms with Gasteiger partial charge in [0.25, 0.3) is 0 Å². The number of halogens is 1. The molecule has 2 heterocycles. The molecule has 0 radical (unpaired) electrons. The van der Waals surface area contributed by atoms with E-state index in [1.54, 1.807) is 4.52 Å². The highest BCUT2D eigenvalue weighted by Gasteiger charge is 2.12. The van der Waals surface area contributed by atoms with Crippen molar-refractivity contribution in [1.82, 2.24) is 19.6 Å². The number of rotatable bonds is 5. The summed E-state index contributed by atoms with van der Waals surface area (Å²) in [7, 11) is 0. The van der Waals surface area contributed by atoms with Crippen LogP contribution in [0.2, 0.25) is 0 Å². The molecule has 2 aromatic carbocycles. The third kappa shape index (κ3) is 3.75. The fraction of sp³-hybridized carbons (Fsp3) is 0.158. The number of nitrogens with one attached hydrogen (secondary N) is 2. The van der Waals surface area contributed by atoms with Crippen LogP contribution in [0.3, 0.4) is 0 Å². The number of benzene rings is 2. The van der Waals surface area contributed by atoms with E-state index < -0.39 is 0 Å². The summed E-state index contributed by atoms with van der Waals surface area (Å²) in [5.74, 6) is 1.17. The molecule has 27 heavy (non-hydrogen) atoms. The average molecular weight is 425 g/mol. The fourth-order valence-electron chi connectivity index (χ4n) is 2.82. The summed E-state index contributed by atoms with van der Waals surface area (Å²) in [5, 5.41) is 11.4. The van der Waals surface area contributed by atoms with Gasteiger partial charge in [-0.15, -0.1) is 5.10 Å². The van der Waals surface area contributed by atoms with Crippen molar-refractivity contribution in [3.8, 4) is 0 Å². The number of amides is 1. The zero-order valence-electron chi connectivity index (χ0n) is 14.6. The van der Waals surface area contributed by atoms with Gasteiger partial charge in [0.1, 0.15) is 5.82 Å². The van der Waals surface area contributed by atoms with Gasteiger partial charge in [0.2, 0.25) is 11.9 Å².